The largest absolute Gasteiger partial charge is 0.360 e. The minimum atomic E-state index is -1.05. The summed E-state index contributed by atoms with van der Waals surface area (Å²) in [6, 6.07) is 7.31. The highest BCUT2D eigenvalue weighted by Crippen LogP contribution is 2.44. The molecule has 2 aromatic heterocycles. The van der Waals surface area contributed by atoms with Crippen LogP contribution in [0.2, 0.25) is 25.7 Å². The third-order valence-corrected chi connectivity index (χ3v) is 7.00. The Morgan fingerprint density at radius 1 is 1.29 bits per heavy atom. The van der Waals surface area contributed by atoms with Crippen molar-refractivity contribution in [3.8, 4) is 11.4 Å². The molecule has 1 saturated carbocycles. The first-order valence-electron chi connectivity index (χ1n) is 8.63. The lowest BCUT2D eigenvalue weighted by Gasteiger charge is -2.15. The second-order valence-electron chi connectivity index (χ2n) is 7.83. The Labute approximate surface area is 159 Å². The van der Waals surface area contributed by atoms with Crippen molar-refractivity contribution in [2.45, 2.75) is 58.1 Å². The fraction of sp³-hybridized carbons (Fsp3) is 0.556. The van der Waals surface area contributed by atoms with E-state index in [-0.39, 0.29) is 0 Å². The zero-order valence-electron chi connectivity index (χ0n) is 15.0. The molecule has 6 heteroatoms. The molecular weight excluding hydrogens is 429 g/mol. The van der Waals surface area contributed by atoms with Crippen molar-refractivity contribution < 1.29 is 4.74 Å². The predicted octanol–water partition coefficient (Wildman–Crippen LogP) is 5.05. The number of ether oxygens (including phenoxy) is 1. The van der Waals surface area contributed by atoms with E-state index in [9.17, 15) is 0 Å². The van der Waals surface area contributed by atoms with E-state index in [1.54, 1.807) is 0 Å². The van der Waals surface area contributed by atoms with Gasteiger partial charge in [0.1, 0.15) is 12.4 Å². The first-order valence-corrected chi connectivity index (χ1v) is 13.4. The van der Waals surface area contributed by atoms with Crippen molar-refractivity contribution in [1.82, 2.24) is 14.8 Å². The van der Waals surface area contributed by atoms with Gasteiger partial charge >= 0.3 is 0 Å². The molecule has 0 saturated heterocycles. The van der Waals surface area contributed by atoms with Crippen LogP contribution in [0.5, 0.6) is 0 Å². The highest BCUT2D eigenvalue weighted by Gasteiger charge is 2.32. The third-order valence-electron chi connectivity index (χ3n) is 4.24. The van der Waals surface area contributed by atoms with Gasteiger partial charge in [-0.2, -0.15) is 5.10 Å². The highest BCUT2D eigenvalue weighted by molar-refractivity contribution is 14.1. The third kappa shape index (κ3) is 4.46. The van der Waals surface area contributed by atoms with Crippen molar-refractivity contribution in [2.75, 3.05) is 6.61 Å². The molecule has 1 aliphatic carbocycles. The molecule has 2 aromatic rings. The van der Waals surface area contributed by atoms with Gasteiger partial charge in [-0.25, -0.2) is 4.68 Å². The van der Waals surface area contributed by atoms with Gasteiger partial charge in [0.25, 0.3) is 0 Å². The molecule has 1 aliphatic rings. The summed E-state index contributed by atoms with van der Waals surface area (Å²) in [4.78, 5) is 4.65. The lowest BCUT2D eigenvalue weighted by Crippen LogP contribution is -2.22. The van der Waals surface area contributed by atoms with Crippen LogP contribution in [0.4, 0.5) is 0 Å². The summed E-state index contributed by atoms with van der Waals surface area (Å²) < 4.78 is 9.26. The van der Waals surface area contributed by atoms with Gasteiger partial charge < -0.3 is 4.74 Å². The molecular formula is C18H26IN3OSi. The van der Waals surface area contributed by atoms with Gasteiger partial charge in [-0.3, -0.25) is 4.98 Å². The van der Waals surface area contributed by atoms with Gasteiger partial charge in [-0.1, -0.05) is 25.7 Å². The van der Waals surface area contributed by atoms with Crippen molar-refractivity contribution in [2.24, 2.45) is 0 Å². The minimum Gasteiger partial charge on any atom is -0.360 e. The number of pyridine rings is 1. The molecule has 2 heterocycles. The highest BCUT2D eigenvalue weighted by atomic mass is 127. The van der Waals surface area contributed by atoms with Gasteiger partial charge in [0, 0.05) is 26.3 Å². The predicted molar refractivity (Wildman–Crippen MR) is 109 cm³/mol. The summed E-state index contributed by atoms with van der Waals surface area (Å²) in [5, 5.41) is 4.85. The molecule has 0 atom stereocenters. The molecule has 130 valence electrons. The molecule has 3 rings (SSSR count). The quantitative estimate of drug-likeness (QED) is 0.333. The average molecular weight is 455 g/mol. The van der Waals surface area contributed by atoms with E-state index in [1.165, 1.54) is 28.1 Å². The summed E-state index contributed by atoms with van der Waals surface area (Å²) >= 11 is 2.43. The molecule has 0 aliphatic heterocycles. The molecule has 0 amide bonds. The maximum atomic E-state index is 5.95. The Kier molecular flexibility index (Phi) is 5.46. The fourth-order valence-electron chi connectivity index (χ4n) is 2.67. The van der Waals surface area contributed by atoms with E-state index >= 15 is 0 Å². The first-order chi connectivity index (χ1) is 11.3. The Hall–Kier alpha value is -0.733. The van der Waals surface area contributed by atoms with Crippen molar-refractivity contribution in [1.29, 1.82) is 0 Å². The maximum Gasteiger partial charge on any atom is 0.139 e. The summed E-state index contributed by atoms with van der Waals surface area (Å²) in [5.41, 5.74) is 4.32. The molecule has 4 nitrogen and oxygen atoms in total. The Morgan fingerprint density at radius 3 is 2.67 bits per heavy atom. The standard InChI is InChI=1S/C18H26IN3OSi/c1-13-6-5-7-15(20-13)17-16(19)18(14-8-9-14)22(21-17)12-23-10-11-24(2,3)4/h5-7,14H,8-12H2,1-4H3. The van der Waals surface area contributed by atoms with Crippen LogP contribution < -0.4 is 0 Å². The summed E-state index contributed by atoms with van der Waals surface area (Å²) in [6.45, 7) is 10.5. The Balaban J connectivity index is 1.80. The van der Waals surface area contributed by atoms with Gasteiger partial charge in [0.2, 0.25) is 0 Å². The maximum absolute atomic E-state index is 5.95. The van der Waals surface area contributed by atoms with Crippen LogP contribution in [0.25, 0.3) is 11.4 Å². The van der Waals surface area contributed by atoms with Crippen molar-refractivity contribution in [3.05, 3.63) is 33.2 Å². The summed E-state index contributed by atoms with van der Waals surface area (Å²) in [5.74, 6) is 0.642. The van der Waals surface area contributed by atoms with Gasteiger partial charge in [-0.15, -0.1) is 0 Å². The van der Waals surface area contributed by atoms with E-state index in [0.717, 1.165) is 23.7 Å². The van der Waals surface area contributed by atoms with Crippen LogP contribution in [0, 0.1) is 10.5 Å². The molecule has 1 fully saturated rings. The molecule has 0 radical (unpaired) electrons. The molecule has 0 N–H and O–H groups in total. The number of halogens is 1. The monoisotopic (exact) mass is 455 g/mol. The van der Waals surface area contributed by atoms with E-state index in [4.69, 9.17) is 9.84 Å². The van der Waals surface area contributed by atoms with Gasteiger partial charge in [-0.05, 0) is 60.5 Å². The molecule has 0 bridgehead atoms. The molecule has 0 unspecified atom stereocenters. The zero-order chi connectivity index (χ0) is 17.3. The Bertz CT molecular complexity index is 720. The van der Waals surface area contributed by atoms with Crippen LogP contribution in [-0.4, -0.2) is 29.4 Å². The van der Waals surface area contributed by atoms with E-state index < -0.39 is 8.07 Å². The van der Waals surface area contributed by atoms with Crippen LogP contribution in [-0.2, 0) is 11.5 Å². The second-order valence-corrected chi connectivity index (χ2v) is 14.5. The van der Waals surface area contributed by atoms with Gasteiger partial charge in [0.15, 0.2) is 0 Å². The SMILES string of the molecule is Cc1cccc(-c2nn(COCC[Si](C)(C)C)c(C3CC3)c2I)n1. The smallest absolute Gasteiger partial charge is 0.139 e. The summed E-state index contributed by atoms with van der Waals surface area (Å²) in [7, 11) is -1.05. The topological polar surface area (TPSA) is 39.9 Å². The van der Waals surface area contributed by atoms with Crippen molar-refractivity contribution in [3.63, 3.8) is 0 Å². The molecule has 24 heavy (non-hydrogen) atoms. The number of hydrogen-bond donors (Lipinski definition) is 0. The van der Waals surface area contributed by atoms with Crippen LogP contribution >= 0.6 is 22.6 Å². The lowest BCUT2D eigenvalue weighted by molar-refractivity contribution is 0.0765. The first kappa shape index (κ1) is 18.1. The fourth-order valence-corrected chi connectivity index (χ4v) is 4.53. The molecule has 0 aromatic carbocycles. The average Bonchev–Trinajstić information content (AvgIpc) is 3.27. The zero-order valence-corrected chi connectivity index (χ0v) is 18.1. The molecule has 0 spiro atoms. The Morgan fingerprint density at radius 2 is 2.04 bits per heavy atom. The second kappa shape index (κ2) is 7.25. The van der Waals surface area contributed by atoms with E-state index in [1.807, 2.05) is 25.1 Å². The van der Waals surface area contributed by atoms with E-state index in [2.05, 4.69) is 51.9 Å². The summed E-state index contributed by atoms with van der Waals surface area (Å²) in [6.07, 6.45) is 2.52. The van der Waals surface area contributed by atoms with Crippen LogP contribution in [0.3, 0.4) is 0 Å². The minimum absolute atomic E-state index is 0.554. The van der Waals surface area contributed by atoms with Gasteiger partial charge in [0.05, 0.1) is 15.0 Å². The van der Waals surface area contributed by atoms with E-state index in [0.29, 0.717) is 12.6 Å². The number of rotatable bonds is 7. The van der Waals surface area contributed by atoms with Crippen LogP contribution in [0.1, 0.15) is 30.1 Å². The number of aromatic nitrogens is 3. The number of hydrogen-bond acceptors (Lipinski definition) is 3. The van der Waals surface area contributed by atoms with Crippen LogP contribution in [0.15, 0.2) is 18.2 Å². The normalized spacial score (nSPS) is 15.0. The number of nitrogens with zero attached hydrogens (tertiary/aromatic N) is 3. The number of aryl methyl sites for hydroxylation is 1. The lowest BCUT2D eigenvalue weighted by atomic mass is 10.2. The van der Waals surface area contributed by atoms with Crippen molar-refractivity contribution >= 4 is 30.7 Å².